The number of carbonyl (C=O) groups excluding carboxylic acids is 2. The minimum atomic E-state index is -1.22. The maximum absolute atomic E-state index is 11.8. The Morgan fingerprint density at radius 2 is 1.12 bits per heavy atom. The van der Waals surface area contributed by atoms with E-state index >= 15 is 0 Å². The highest BCUT2D eigenvalue weighted by Crippen LogP contribution is 2.12. The van der Waals surface area contributed by atoms with Gasteiger partial charge >= 0.3 is 23.9 Å². The zero-order valence-electron chi connectivity index (χ0n) is 23.1. The number of hydrogen-bond donors (Lipinski definition) is 9. The van der Waals surface area contributed by atoms with Gasteiger partial charge in [0.25, 0.3) is 0 Å². The van der Waals surface area contributed by atoms with E-state index in [1.165, 1.54) is 12.1 Å². The number of nitrogens with two attached hydrogens (primary N) is 2. The van der Waals surface area contributed by atoms with Crippen LogP contribution in [0.25, 0.3) is 0 Å². The molecule has 2 aromatic carbocycles. The summed E-state index contributed by atoms with van der Waals surface area (Å²) >= 11 is 0. The summed E-state index contributed by atoms with van der Waals surface area (Å²) in [5.74, 6) is -5.84. The van der Waals surface area contributed by atoms with Crippen LogP contribution in [0.3, 0.4) is 0 Å². The minimum Gasteiger partial charge on any atom is -0.508 e. The van der Waals surface area contributed by atoms with Crippen LogP contribution in [0.15, 0.2) is 54.6 Å². The SMILES string of the molecule is NC(CCC(=O)NC(Cc1ccc(O)cc1)C(=O)O)C(=O)O.NC(CCC(=O)O)C(=O)NC(Cc1ccccc1)C(=O)O. The number of benzene rings is 2. The molecular formula is C28H36N4O11. The zero-order valence-corrected chi connectivity index (χ0v) is 23.1. The lowest BCUT2D eigenvalue weighted by Gasteiger charge is -2.17. The van der Waals surface area contributed by atoms with E-state index in [4.69, 9.17) is 37.0 Å². The maximum atomic E-state index is 11.8. The van der Waals surface area contributed by atoms with Crippen molar-refractivity contribution < 1.29 is 54.3 Å². The molecule has 234 valence electrons. The molecule has 0 saturated carbocycles. The van der Waals surface area contributed by atoms with Gasteiger partial charge in [-0.25, -0.2) is 9.59 Å². The molecule has 4 atom stereocenters. The van der Waals surface area contributed by atoms with Crippen molar-refractivity contribution >= 4 is 35.7 Å². The number of nitrogens with one attached hydrogen (secondary N) is 2. The van der Waals surface area contributed by atoms with Crippen molar-refractivity contribution in [3.05, 3.63) is 65.7 Å². The quantitative estimate of drug-likeness (QED) is 0.119. The van der Waals surface area contributed by atoms with Gasteiger partial charge in [0.15, 0.2) is 0 Å². The lowest BCUT2D eigenvalue weighted by molar-refractivity contribution is -0.142. The molecule has 2 amide bonds. The standard InChI is InChI=1S/C14H18N2O6.C14H18N2O5/c15-10(13(19)20)5-6-12(18)16-11(14(21)22)7-8-1-3-9(17)4-2-8;15-10(6-7-12(17)18)13(19)16-11(14(20)21)8-9-4-2-1-3-5-9/h1-4,10-11,17H,5-7,15H2,(H,16,18)(H,19,20)(H,21,22);1-5,10-11H,6-8,15H2,(H,16,19)(H,17,18)(H,20,21). The van der Waals surface area contributed by atoms with Gasteiger partial charge in [0.05, 0.1) is 6.04 Å². The molecule has 0 aliphatic carbocycles. The second-order valence-electron chi connectivity index (χ2n) is 9.44. The first-order valence-corrected chi connectivity index (χ1v) is 13.0. The van der Waals surface area contributed by atoms with E-state index < -0.39 is 59.9 Å². The van der Waals surface area contributed by atoms with Crippen LogP contribution in [0, 0.1) is 0 Å². The third-order valence-corrected chi connectivity index (χ3v) is 5.91. The lowest BCUT2D eigenvalue weighted by atomic mass is 10.0. The van der Waals surface area contributed by atoms with Crippen LogP contribution in [0.2, 0.25) is 0 Å². The highest BCUT2D eigenvalue weighted by molar-refractivity contribution is 5.87. The first-order valence-electron chi connectivity index (χ1n) is 13.0. The Morgan fingerprint density at radius 3 is 1.60 bits per heavy atom. The summed E-state index contributed by atoms with van der Waals surface area (Å²) in [6.45, 7) is 0. The molecule has 0 aliphatic rings. The molecule has 0 saturated heterocycles. The van der Waals surface area contributed by atoms with Crippen LogP contribution in [-0.2, 0) is 41.6 Å². The van der Waals surface area contributed by atoms with Gasteiger partial charge < -0.3 is 47.6 Å². The third kappa shape index (κ3) is 15.0. The number of carboxylic acid groups (broad SMARTS) is 4. The molecule has 0 bridgehead atoms. The van der Waals surface area contributed by atoms with Gasteiger partial charge in [0, 0.05) is 25.7 Å². The van der Waals surface area contributed by atoms with Gasteiger partial charge in [-0.2, -0.15) is 0 Å². The van der Waals surface area contributed by atoms with Gasteiger partial charge in [0.2, 0.25) is 11.8 Å². The Hall–Kier alpha value is -5.02. The first-order chi connectivity index (χ1) is 20.2. The van der Waals surface area contributed by atoms with E-state index in [0.717, 1.165) is 5.56 Å². The number of rotatable bonds is 16. The summed E-state index contributed by atoms with van der Waals surface area (Å²) < 4.78 is 0. The highest BCUT2D eigenvalue weighted by atomic mass is 16.4. The average molecular weight is 605 g/mol. The number of amides is 2. The number of carboxylic acids is 4. The second kappa shape index (κ2) is 18.4. The number of aliphatic carboxylic acids is 4. The van der Waals surface area contributed by atoms with Crippen molar-refractivity contribution in [1.82, 2.24) is 10.6 Å². The first kappa shape index (κ1) is 36.0. The normalized spacial score (nSPS) is 13.2. The van der Waals surface area contributed by atoms with Gasteiger partial charge in [-0.05, 0) is 36.1 Å². The fourth-order valence-electron chi connectivity index (χ4n) is 3.48. The van der Waals surface area contributed by atoms with Crippen molar-refractivity contribution in [1.29, 1.82) is 0 Å². The summed E-state index contributed by atoms with van der Waals surface area (Å²) in [5.41, 5.74) is 12.2. The molecule has 0 aromatic heterocycles. The van der Waals surface area contributed by atoms with E-state index in [2.05, 4.69) is 10.6 Å². The topological polar surface area (TPSA) is 280 Å². The predicted molar refractivity (Wildman–Crippen MR) is 151 cm³/mol. The largest absolute Gasteiger partial charge is 0.508 e. The number of aromatic hydroxyl groups is 1. The number of hydrogen-bond acceptors (Lipinski definition) is 9. The van der Waals surface area contributed by atoms with Gasteiger partial charge in [-0.1, -0.05) is 42.5 Å². The van der Waals surface area contributed by atoms with E-state index in [0.29, 0.717) is 5.56 Å². The molecule has 0 fully saturated rings. The fraction of sp³-hybridized carbons (Fsp3) is 0.357. The van der Waals surface area contributed by atoms with Crippen molar-refractivity contribution in [3.8, 4) is 5.75 Å². The maximum Gasteiger partial charge on any atom is 0.326 e. The molecule has 0 aliphatic heterocycles. The molecular weight excluding hydrogens is 568 g/mol. The van der Waals surface area contributed by atoms with E-state index in [1.54, 1.807) is 42.5 Å². The summed E-state index contributed by atoms with van der Waals surface area (Å²) in [4.78, 5) is 66.7. The third-order valence-electron chi connectivity index (χ3n) is 5.91. The molecule has 11 N–H and O–H groups in total. The van der Waals surface area contributed by atoms with Crippen LogP contribution < -0.4 is 22.1 Å². The van der Waals surface area contributed by atoms with Crippen molar-refractivity contribution in [2.24, 2.45) is 11.5 Å². The monoisotopic (exact) mass is 604 g/mol. The number of carbonyl (C=O) groups is 6. The van der Waals surface area contributed by atoms with Gasteiger partial charge in [-0.3, -0.25) is 19.2 Å². The van der Waals surface area contributed by atoms with Crippen molar-refractivity contribution in [3.63, 3.8) is 0 Å². The van der Waals surface area contributed by atoms with Crippen LogP contribution in [-0.4, -0.2) is 85.4 Å². The summed E-state index contributed by atoms with van der Waals surface area (Å²) in [6.07, 6.45) is -0.358. The summed E-state index contributed by atoms with van der Waals surface area (Å²) in [7, 11) is 0. The fourth-order valence-corrected chi connectivity index (χ4v) is 3.48. The molecule has 15 nitrogen and oxygen atoms in total. The molecule has 4 unspecified atom stereocenters. The van der Waals surface area contributed by atoms with Crippen LogP contribution in [0.5, 0.6) is 5.75 Å². The summed E-state index contributed by atoms with van der Waals surface area (Å²) in [6, 6.07) is 10.4. The molecule has 0 heterocycles. The van der Waals surface area contributed by atoms with Gasteiger partial charge in [0.1, 0.15) is 23.9 Å². The van der Waals surface area contributed by atoms with E-state index in [1.807, 2.05) is 0 Å². The van der Waals surface area contributed by atoms with Crippen molar-refractivity contribution in [2.75, 3.05) is 0 Å². The lowest BCUT2D eigenvalue weighted by Crippen LogP contribution is -2.49. The second-order valence-corrected chi connectivity index (χ2v) is 9.44. The predicted octanol–water partition coefficient (Wildman–Crippen LogP) is -0.313. The Labute approximate surface area is 246 Å². The molecule has 15 heteroatoms. The van der Waals surface area contributed by atoms with E-state index in [9.17, 15) is 28.8 Å². The van der Waals surface area contributed by atoms with Crippen molar-refractivity contribution in [2.45, 2.75) is 62.7 Å². The van der Waals surface area contributed by atoms with Crippen LogP contribution in [0.4, 0.5) is 0 Å². The van der Waals surface area contributed by atoms with Crippen LogP contribution in [0.1, 0.15) is 36.8 Å². The van der Waals surface area contributed by atoms with Crippen LogP contribution >= 0.6 is 0 Å². The van der Waals surface area contributed by atoms with E-state index in [-0.39, 0.29) is 44.3 Å². The Balaban J connectivity index is 0.000000430. The average Bonchev–Trinajstić information content (AvgIpc) is 2.95. The molecule has 0 spiro atoms. The molecule has 0 radical (unpaired) electrons. The van der Waals surface area contributed by atoms with Gasteiger partial charge in [-0.15, -0.1) is 0 Å². The Bertz CT molecular complexity index is 1240. The molecule has 2 rings (SSSR count). The smallest absolute Gasteiger partial charge is 0.326 e. The minimum absolute atomic E-state index is 0.0428. The number of phenolic OH excluding ortho intramolecular Hbond substituents is 1. The molecule has 2 aromatic rings. The zero-order chi connectivity index (χ0) is 32.5. The Morgan fingerprint density at radius 1 is 0.628 bits per heavy atom. The Kier molecular flexibility index (Phi) is 15.4. The highest BCUT2D eigenvalue weighted by Gasteiger charge is 2.24. The number of phenols is 1. The molecule has 43 heavy (non-hydrogen) atoms. The summed E-state index contributed by atoms with van der Waals surface area (Å²) in [5, 5.41) is 49.2.